The van der Waals surface area contributed by atoms with Gasteiger partial charge in [0.15, 0.2) is 0 Å². The molecule has 108 valence electrons. The van der Waals surface area contributed by atoms with Gasteiger partial charge in [-0.2, -0.15) is 0 Å². The van der Waals surface area contributed by atoms with Crippen LogP contribution in [0.3, 0.4) is 0 Å². The van der Waals surface area contributed by atoms with Gasteiger partial charge >= 0.3 is 0 Å². The van der Waals surface area contributed by atoms with E-state index in [0.29, 0.717) is 25.9 Å². The molecular formula is C13H23N3O3. The summed E-state index contributed by atoms with van der Waals surface area (Å²) in [6, 6.07) is 0.284. The van der Waals surface area contributed by atoms with Crippen molar-refractivity contribution in [2.24, 2.45) is 5.73 Å². The molecule has 2 unspecified atom stereocenters. The van der Waals surface area contributed by atoms with Crippen LogP contribution in [0.5, 0.6) is 0 Å². The molecule has 2 amide bonds. The standard InChI is InChI=1S/C13H23N3O3/c1-19-11-4-5-15(10(8-11)9-14)6-7-16-12(17)2-3-13(16)18/h10-11H,2-9,14H2,1H3. The highest BCUT2D eigenvalue weighted by atomic mass is 16.5. The number of amides is 2. The molecule has 2 aliphatic rings. The summed E-state index contributed by atoms with van der Waals surface area (Å²) in [5.74, 6) is -0.0813. The van der Waals surface area contributed by atoms with Gasteiger partial charge in [-0.05, 0) is 12.8 Å². The Bertz CT molecular complexity index is 332. The zero-order valence-corrected chi connectivity index (χ0v) is 11.5. The van der Waals surface area contributed by atoms with Crippen molar-refractivity contribution in [3.05, 3.63) is 0 Å². The van der Waals surface area contributed by atoms with Crippen molar-refractivity contribution in [1.82, 2.24) is 9.80 Å². The molecule has 0 saturated carbocycles. The smallest absolute Gasteiger partial charge is 0.229 e. The number of nitrogens with two attached hydrogens (primary N) is 1. The second-order valence-corrected chi connectivity index (χ2v) is 5.25. The van der Waals surface area contributed by atoms with E-state index >= 15 is 0 Å². The Labute approximate surface area is 113 Å². The maximum Gasteiger partial charge on any atom is 0.229 e. The van der Waals surface area contributed by atoms with Gasteiger partial charge in [0.25, 0.3) is 0 Å². The molecule has 0 aliphatic carbocycles. The lowest BCUT2D eigenvalue weighted by Gasteiger charge is -2.38. The molecule has 0 spiro atoms. The molecule has 6 heteroatoms. The molecule has 2 heterocycles. The van der Waals surface area contributed by atoms with E-state index in [1.54, 1.807) is 7.11 Å². The summed E-state index contributed by atoms with van der Waals surface area (Å²) in [4.78, 5) is 26.8. The Morgan fingerprint density at radius 1 is 1.26 bits per heavy atom. The molecular weight excluding hydrogens is 246 g/mol. The number of hydrogen-bond acceptors (Lipinski definition) is 5. The maximum absolute atomic E-state index is 11.5. The number of carbonyl (C=O) groups excluding carboxylic acids is 2. The van der Waals surface area contributed by atoms with Crippen LogP contribution in [0.1, 0.15) is 25.7 Å². The number of hydrogen-bond donors (Lipinski definition) is 1. The van der Waals surface area contributed by atoms with E-state index in [0.717, 1.165) is 25.9 Å². The normalized spacial score (nSPS) is 29.3. The van der Waals surface area contributed by atoms with Crippen molar-refractivity contribution in [3.8, 4) is 0 Å². The maximum atomic E-state index is 11.5. The van der Waals surface area contributed by atoms with Crippen LogP contribution < -0.4 is 5.73 Å². The van der Waals surface area contributed by atoms with Crippen molar-refractivity contribution >= 4 is 11.8 Å². The van der Waals surface area contributed by atoms with Gasteiger partial charge in [0.1, 0.15) is 0 Å². The molecule has 0 aromatic carbocycles. The lowest BCUT2D eigenvalue weighted by atomic mass is 9.99. The second-order valence-electron chi connectivity index (χ2n) is 5.25. The number of methoxy groups -OCH3 is 1. The fourth-order valence-electron chi connectivity index (χ4n) is 2.92. The zero-order chi connectivity index (χ0) is 13.8. The molecule has 0 radical (unpaired) electrons. The van der Waals surface area contributed by atoms with Crippen molar-refractivity contribution in [1.29, 1.82) is 0 Å². The van der Waals surface area contributed by atoms with Crippen molar-refractivity contribution in [3.63, 3.8) is 0 Å². The SMILES string of the molecule is COC1CCN(CCN2C(=O)CCC2=O)C(CN)C1. The topological polar surface area (TPSA) is 75.9 Å². The van der Waals surface area contributed by atoms with Crippen LogP contribution in [0.25, 0.3) is 0 Å². The number of ether oxygens (including phenoxy) is 1. The van der Waals surface area contributed by atoms with E-state index in [2.05, 4.69) is 4.90 Å². The molecule has 2 saturated heterocycles. The highest BCUT2D eigenvalue weighted by Gasteiger charge is 2.31. The van der Waals surface area contributed by atoms with Gasteiger partial charge in [-0.15, -0.1) is 0 Å². The van der Waals surface area contributed by atoms with Gasteiger partial charge in [-0.3, -0.25) is 19.4 Å². The number of rotatable bonds is 5. The average molecular weight is 269 g/mol. The molecule has 2 aliphatic heterocycles. The van der Waals surface area contributed by atoms with Crippen LogP contribution in [-0.2, 0) is 14.3 Å². The fourth-order valence-corrected chi connectivity index (χ4v) is 2.92. The van der Waals surface area contributed by atoms with Crippen molar-refractivity contribution < 1.29 is 14.3 Å². The van der Waals surface area contributed by atoms with Gasteiger partial charge in [0.2, 0.25) is 11.8 Å². The first-order valence-corrected chi connectivity index (χ1v) is 6.95. The Hall–Kier alpha value is -0.980. The predicted octanol–water partition coefficient (Wildman–Crippen LogP) is -0.426. The molecule has 0 bridgehead atoms. The number of carbonyl (C=O) groups is 2. The van der Waals surface area contributed by atoms with E-state index in [4.69, 9.17) is 10.5 Å². The van der Waals surface area contributed by atoms with E-state index in [1.165, 1.54) is 4.90 Å². The minimum absolute atomic E-state index is 0.0407. The predicted molar refractivity (Wildman–Crippen MR) is 70.4 cm³/mol. The summed E-state index contributed by atoms with van der Waals surface area (Å²) in [5, 5.41) is 0. The average Bonchev–Trinajstić information content (AvgIpc) is 2.75. The van der Waals surface area contributed by atoms with Gasteiger partial charge < -0.3 is 10.5 Å². The zero-order valence-electron chi connectivity index (χ0n) is 11.5. The third-order valence-electron chi connectivity index (χ3n) is 4.16. The monoisotopic (exact) mass is 269 g/mol. The minimum Gasteiger partial charge on any atom is -0.381 e. The van der Waals surface area contributed by atoms with Crippen molar-refractivity contribution in [2.75, 3.05) is 33.3 Å². The van der Waals surface area contributed by atoms with Crippen LogP contribution in [-0.4, -0.2) is 67.0 Å². The van der Waals surface area contributed by atoms with Gasteiger partial charge in [-0.1, -0.05) is 0 Å². The fraction of sp³-hybridized carbons (Fsp3) is 0.846. The van der Waals surface area contributed by atoms with Crippen molar-refractivity contribution in [2.45, 2.75) is 37.8 Å². The van der Waals surface area contributed by atoms with E-state index < -0.39 is 0 Å². The van der Waals surface area contributed by atoms with Crippen LogP contribution in [0.2, 0.25) is 0 Å². The van der Waals surface area contributed by atoms with Crippen LogP contribution >= 0.6 is 0 Å². The Balaban J connectivity index is 1.85. The third-order valence-corrected chi connectivity index (χ3v) is 4.16. The summed E-state index contributed by atoms with van der Waals surface area (Å²) in [5.41, 5.74) is 5.80. The highest BCUT2D eigenvalue weighted by Crippen LogP contribution is 2.19. The molecule has 2 fully saturated rings. The number of piperidine rings is 1. The Morgan fingerprint density at radius 2 is 1.95 bits per heavy atom. The lowest BCUT2D eigenvalue weighted by Crippen LogP contribution is -2.51. The first-order chi connectivity index (χ1) is 9.15. The van der Waals surface area contributed by atoms with E-state index in [9.17, 15) is 9.59 Å². The largest absolute Gasteiger partial charge is 0.381 e. The van der Waals surface area contributed by atoms with Gasteiger partial charge in [0, 0.05) is 52.2 Å². The molecule has 2 rings (SSSR count). The van der Waals surface area contributed by atoms with Crippen LogP contribution in [0.4, 0.5) is 0 Å². The number of imide groups is 1. The molecule has 2 N–H and O–H groups in total. The third kappa shape index (κ3) is 3.32. The lowest BCUT2D eigenvalue weighted by molar-refractivity contribution is -0.138. The first kappa shape index (κ1) is 14.4. The summed E-state index contributed by atoms with van der Waals surface area (Å²) >= 11 is 0. The Kier molecular flexibility index (Phi) is 4.90. The number of nitrogens with zero attached hydrogens (tertiary/aromatic N) is 2. The molecule has 2 atom stereocenters. The molecule has 6 nitrogen and oxygen atoms in total. The van der Waals surface area contributed by atoms with Crippen LogP contribution in [0.15, 0.2) is 0 Å². The molecule has 19 heavy (non-hydrogen) atoms. The first-order valence-electron chi connectivity index (χ1n) is 6.95. The molecule has 0 aromatic heterocycles. The minimum atomic E-state index is -0.0407. The quantitative estimate of drug-likeness (QED) is 0.686. The van der Waals surface area contributed by atoms with Gasteiger partial charge in [-0.25, -0.2) is 0 Å². The van der Waals surface area contributed by atoms with E-state index in [-0.39, 0.29) is 24.0 Å². The second kappa shape index (κ2) is 6.45. The number of likely N-dealkylation sites (tertiary alicyclic amines) is 2. The van der Waals surface area contributed by atoms with Crippen LogP contribution in [0, 0.1) is 0 Å². The highest BCUT2D eigenvalue weighted by molar-refractivity contribution is 6.01. The summed E-state index contributed by atoms with van der Waals surface area (Å²) in [6.45, 7) is 2.71. The summed E-state index contributed by atoms with van der Waals surface area (Å²) in [7, 11) is 1.73. The summed E-state index contributed by atoms with van der Waals surface area (Å²) < 4.78 is 5.38. The summed E-state index contributed by atoms with van der Waals surface area (Å²) in [6.07, 6.45) is 2.92. The Morgan fingerprint density at radius 3 is 2.53 bits per heavy atom. The van der Waals surface area contributed by atoms with Gasteiger partial charge in [0.05, 0.1) is 6.10 Å². The van der Waals surface area contributed by atoms with E-state index in [1.807, 2.05) is 0 Å². The molecule has 0 aromatic rings.